The zero-order valence-corrected chi connectivity index (χ0v) is 7.49. The summed E-state index contributed by atoms with van der Waals surface area (Å²) >= 11 is 0. The molecule has 1 atom stereocenters. The van der Waals surface area contributed by atoms with E-state index >= 15 is 0 Å². The molecule has 2 nitrogen and oxygen atoms in total. The van der Waals surface area contributed by atoms with Crippen molar-refractivity contribution in [2.45, 2.75) is 24.6 Å². The molecule has 0 amide bonds. The summed E-state index contributed by atoms with van der Waals surface area (Å²) < 4.78 is 38.7. The smallest absolute Gasteiger partial charge is 0.367 e. The first kappa shape index (κ1) is 9.58. The summed E-state index contributed by atoms with van der Waals surface area (Å²) in [5.74, 6) is 0. The van der Waals surface area contributed by atoms with Crippen molar-refractivity contribution in [3.63, 3.8) is 0 Å². The van der Waals surface area contributed by atoms with Gasteiger partial charge < -0.3 is 4.98 Å². The lowest BCUT2D eigenvalue weighted by Crippen LogP contribution is -2.49. The van der Waals surface area contributed by atoms with Gasteiger partial charge in [0.15, 0.2) is 0 Å². The minimum Gasteiger partial charge on any atom is -0.367 e. The number of H-pyrrole nitrogens is 1. The average Bonchev–Trinajstić information content (AvgIpc) is 2.74. The number of hydrogen-bond donors (Lipinski definition) is 2. The van der Waals surface area contributed by atoms with Gasteiger partial charge >= 0.3 is 6.18 Å². The SMILES string of the molecule is FC(F)(F)C1(c2cc[nH]c2)CCCN1. The summed E-state index contributed by atoms with van der Waals surface area (Å²) in [4.78, 5) is 2.66. The second kappa shape index (κ2) is 3.02. The normalized spacial score (nSPS) is 28.2. The van der Waals surface area contributed by atoms with E-state index in [9.17, 15) is 13.2 Å². The topological polar surface area (TPSA) is 27.8 Å². The fraction of sp³-hybridized carbons (Fsp3) is 0.556. The van der Waals surface area contributed by atoms with Gasteiger partial charge in [-0.15, -0.1) is 0 Å². The van der Waals surface area contributed by atoms with Gasteiger partial charge in [0.05, 0.1) is 0 Å². The van der Waals surface area contributed by atoms with Crippen LogP contribution in [-0.2, 0) is 5.54 Å². The van der Waals surface area contributed by atoms with E-state index in [0.29, 0.717) is 13.0 Å². The first-order valence-electron chi connectivity index (χ1n) is 4.51. The van der Waals surface area contributed by atoms with Crippen LogP contribution in [0.15, 0.2) is 18.5 Å². The van der Waals surface area contributed by atoms with Crippen molar-refractivity contribution in [3.8, 4) is 0 Å². The van der Waals surface area contributed by atoms with Crippen LogP contribution >= 0.6 is 0 Å². The molecule has 0 spiro atoms. The fourth-order valence-corrected chi connectivity index (χ4v) is 1.99. The largest absolute Gasteiger partial charge is 0.410 e. The molecule has 1 saturated heterocycles. The molecule has 14 heavy (non-hydrogen) atoms. The minimum absolute atomic E-state index is 0.119. The molecule has 1 aliphatic heterocycles. The molecule has 2 heterocycles. The van der Waals surface area contributed by atoms with Crippen LogP contribution in [-0.4, -0.2) is 17.7 Å². The van der Waals surface area contributed by atoms with Gasteiger partial charge in [-0.05, 0) is 31.0 Å². The van der Waals surface area contributed by atoms with Crippen molar-refractivity contribution in [1.29, 1.82) is 0 Å². The molecule has 1 unspecified atom stereocenters. The Morgan fingerprint density at radius 2 is 2.14 bits per heavy atom. The molecule has 0 saturated carbocycles. The summed E-state index contributed by atoms with van der Waals surface area (Å²) in [6.45, 7) is 0.421. The average molecular weight is 204 g/mol. The number of aromatic amines is 1. The summed E-state index contributed by atoms with van der Waals surface area (Å²) in [5, 5.41) is 2.57. The molecule has 2 rings (SSSR count). The van der Waals surface area contributed by atoms with Gasteiger partial charge in [-0.3, -0.25) is 5.32 Å². The first-order valence-corrected chi connectivity index (χ1v) is 4.51. The molecule has 1 aliphatic rings. The highest BCUT2D eigenvalue weighted by atomic mass is 19.4. The van der Waals surface area contributed by atoms with Crippen LogP contribution in [0.1, 0.15) is 18.4 Å². The van der Waals surface area contributed by atoms with Crippen molar-refractivity contribution in [1.82, 2.24) is 10.3 Å². The molecule has 0 aromatic carbocycles. The predicted molar refractivity (Wildman–Crippen MR) is 45.8 cm³/mol. The number of hydrogen-bond acceptors (Lipinski definition) is 1. The molecule has 1 fully saturated rings. The zero-order chi connectivity index (χ0) is 10.2. The highest BCUT2D eigenvalue weighted by molar-refractivity contribution is 5.25. The number of alkyl halides is 3. The number of halogens is 3. The van der Waals surface area contributed by atoms with E-state index in [1.54, 1.807) is 0 Å². The lowest BCUT2D eigenvalue weighted by atomic mass is 9.90. The van der Waals surface area contributed by atoms with Crippen molar-refractivity contribution in [3.05, 3.63) is 24.0 Å². The van der Waals surface area contributed by atoms with Gasteiger partial charge in [-0.1, -0.05) is 0 Å². The summed E-state index contributed by atoms with van der Waals surface area (Å²) in [6, 6.07) is 1.48. The number of nitrogens with one attached hydrogen (secondary N) is 2. The lowest BCUT2D eigenvalue weighted by molar-refractivity contribution is -0.196. The summed E-state index contributed by atoms with van der Waals surface area (Å²) in [5.41, 5.74) is -1.55. The van der Waals surface area contributed by atoms with Crippen molar-refractivity contribution in [2.24, 2.45) is 0 Å². The van der Waals surface area contributed by atoms with Gasteiger partial charge in [-0.25, -0.2) is 0 Å². The van der Waals surface area contributed by atoms with Crippen LogP contribution in [0.2, 0.25) is 0 Å². The molecule has 0 bridgehead atoms. The van der Waals surface area contributed by atoms with E-state index in [4.69, 9.17) is 0 Å². The molecule has 1 aromatic heterocycles. The Hall–Kier alpha value is -0.970. The van der Waals surface area contributed by atoms with E-state index in [1.165, 1.54) is 18.5 Å². The van der Waals surface area contributed by atoms with Crippen LogP contribution < -0.4 is 5.32 Å². The van der Waals surface area contributed by atoms with Gasteiger partial charge in [-0.2, -0.15) is 13.2 Å². The Bertz CT molecular complexity index is 296. The van der Waals surface area contributed by atoms with Crippen LogP contribution in [0.25, 0.3) is 0 Å². The first-order chi connectivity index (χ1) is 6.56. The van der Waals surface area contributed by atoms with Crippen LogP contribution in [0, 0.1) is 0 Å². The van der Waals surface area contributed by atoms with E-state index in [0.717, 1.165) is 0 Å². The Morgan fingerprint density at radius 3 is 2.57 bits per heavy atom. The fourth-order valence-electron chi connectivity index (χ4n) is 1.99. The highest BCUT2D eigenvalue weighted by Gasteiger charge is 2.57. The quantitative estimate of drug-likeness (QED) is 0.720. The summed E-state index contributed by atoms with van der Waals surface area (Å²) in [6.07, 6.45) is -0.626. The standard InChI is InChI=1S/C9H11F3N2/c10-9(11,12)8(3-1-4-14-8)7-2-5-13-6-7/h2,5-6,13-14H,1,3-4H2. The van der Waals surface area contributed by atoms with Crippen LogP contribution in [0.5, 0.6) is 0 Å². The molecular formula is C9H11F3N2. The maximum absolute atomic E-state index is 12.9. The zero-order valence-electron chi connectivity index (χ0n) is 7.49. The van der Waals surface area contributed by atoms with Crippen molar-refractivity contribution in [2.75, 3.05) is 6.54 Å². The van der Waals surface area contributed by atoms with Gasteiger partial charge in [0.1, 0.15) is 5.54 Å². The minimum atomic E-state index is -4.23. The maximum Gasteiger partial charge on any atom is 0.410 e. The van der Waals surface area contributed by atoms with Crippen molar-refractivity contribution < 1.29 is 13.2 Å². The molecule has 2 N–H and O–H groups in total. The second-order valence-electron chi connectivity index (χ2n) is 3.53. The maximum atomic E-state index is 12.9. The number of aromatic nitrogens is 1. The van der Waals surface area contributed by atoms with Crippen LogP contribution in [0.3, 0.4) is 0 Å². The third-order valence-corrected chi connectivity index (χ3v) is 2.73. The van der Waals surface area contributed by atoms with E-state index in [1.807, 2.05) is 0 Å². The lowest BCUT2D eigenvalue weighted by Gasteiger charge is -2.31. The highest BCUT2D eigenvalue weighted by Crippen LogP contribution is 2.44. The molecule has 5 heteroatoms. The van der Waals surface area contributed by atoms with E-state index < -0.39 is 11.7 Å². The molecule has 78 valence electrons. The molecule has 1 aromatic rings. The van der Waals surface area contributed by atoms with Crippen molar-refractivity contribution >= 4 is 0 Å². The molecule has 0 radical (unpaired) electrons. The second-order valence-corrected chi connectivity index (χ2v) is 3.53. The third-order valence-electron chi connectivity index (χ3n) is 2.73. The Kier molecular flexibility index (Phi) is 2.06. The van der Waals surface area contributed by atoms with Gasteiger partial charge in [0, 0.05) is 12.4 Å². The third kappa shape index (κ3) is 1.23. The predicted octanol–water partition coefficient (Wildman–Crippen LogP) is 2.16. The molecule has 0 aliphatic carbocycles. The van der Waals surface area contributed by atoms with Gasteiger partial charge in [0.25, 0.3) is 0 Å². The Morgan fingerprint density at radius 1 is 1.36 bits per heavy atom. The molecular weight excluding hydrogens is 193 g/mol. The van der Waals surface area contributed by atoms with Crippen LogP contribution in [0.4, 0.5) is 13.2 Å². The number of rotatable bonds is 1. The Balaban J connectivity index is 2.42. The Labute approximate surface area is 79.5 Å². The van der Waals surface area contributed by atoms with E-state index in [-0.39, 0.29) is 12.0 Å². The summed E-state index contributed by atoms with van der Waals surface area (Å²) in [7, 11) is 0. The monoisotopic (exact) mass is 204 g/mol. The van der Waals surface area contributed by atoms with E-state index in [2.05, 4.69) is 10.3 Å². The van der Waals surface area contributed by atoms with Gasteiger partial charge in [0.2, 0.25) is 0 Å².